The van der Waals surface area contributed by atoms with Crippen LogP contribution >= 0.6 is 0 Å². The average molecular weight is 138 g/mol. The molecule has 0 saturated carbocycles. The van der Waals surface area contributed by atoms with E-state index in [2.05, 4.69) is 33.6 Å². The first kappa shape index (κ1) is 9.56. The fourth-order valence-electron chi connectivity index (χ4n) is 1.03. The Kier molecular flexibility index (Phi) is 4.19. The lowest BCUT2D eigenvalue weighted by atomic mass is 9.84. The first-order chi connectivity index (χ1) is 4.59. The van der Waals surface area contributed by atoms with Crippen LogP contribution in [0, 0.1) is 30.1 Å². The van der Waals surface area contributed by atoms with Crippen molar-refractivity contribution in [3.63, 3.8) is 0 Å². The summed E-state index contributed by atoms with van der Waals surface area (Å²) in [6, 6.07) is 0. The van der Waals surface area contributed by atoms with Crippen LogP contribution in [0.15, 0.2) is 0 Å². The van der Waals surface area contributed by atoms with E-state index in [0.717, 1.165) is 18.3 Å². The Morgan fingerprint density at radius 3 is 2.00 bits per heavy atom. The minimum atomic E-state index is 0.671. The number of terminal acetylenes is 1. The summed E-state index contributed by atoms with van der Waals surface area (Å²) in [5.41, 5.74) is 0. The maximum atomic E-state index is 5.22. The maximum absolute atomic E-state index is 5.22. The van der Waals surface area contributed by atoms with E-state index in [4.69, 9.17) is 6.42 Å². The molecule has 2 atom stereocenters. The quantitative estimate of drug-likeness (QED) is 0.526. The molecule has 58 valence electrons. The summed E-state index contributed by atoms with van der Waals surface area (Å²) in [5.74, 6) is 4.87. The van der Waals surface area contributed by atoms with Crippen molar-refractivity contribution in [3.05, 3.63) is 0 Å². The summed E-state index contributed by atoms with van der Waals surface area (Å²) < 4.78 is 0. The van der Waals surface area contributed by atoms with E-state index in [1.165, 1.54) is 0 Å². The topological polar surface area (TPSA) is 0 Å². The second-order valence-corrected chi connectivity index (χ2v) is 3.49. The normalized spacial score (nSPS) is 16.4. The Morgan fingerprint density at radius 1 is 1.20 bits per heavy atom. The highest BCUT2D eigenvalue weighted by Gasteiger charge is 2.13. The first-order valence-electron chi connectivity index (χ1n) is 4.03. The van der Waals surface area contributed by atoms with Crippen molar-refractivity contribution < 1.29 is 0 Å². The van der Waals surface area contributed by atoms with Gasteiger partial charge in [0.1, 0.15) is 0 Å². The summed E-state index contributed by atoms with van der Waals surface area (Å²) in [6.45, 7) is 8.99. The molecule has 10 heavy (non-hydrogen) atoms. The van der Waals surface area contributed by atoms with Crippen LogP contribution in [0.1, 0.15) is 34.1 Å². The van der Waals surface area contributed by atoms with Gasteiger partial charge in [0.15, 0.2) is 0 Å². The van der Waals surface area contributed by atoms with Crippen LogP contribution in [0.25, 0.3) is 0 Å². The Morgan fingerprint density at radius 2 is 1.70 bits per heavy atom. The lowest BCUT2D eigenvalue weighted by Gasteiger charge is -2.21. The number of hydrogen-bond donors (Lipinski definition) is 0. The molecular weight excluding hydrogens is 120 g/mol. The predicted octanol–water partition coefficient (Wildman–Crippen LogP) is 2.94. The van der Waals surface area contributed by atoms with Gasteiger partial charge in [0.25, 0.3) is 0 Å². The highest BCUT2D eigenvalue weighted by Crippen LogP contribution is 2.21. The van der Waals surface area contributed by atoms with Gasteiger partial charge in [-0.2, -0.15) is 0 Å². The molecule has 0 fully saturated rings. The van der Waals surface area contributed by atoms with Crippen molar-refractivity contribution in [2.24, 2.45) is 17.8 Å². The molecule has 0 heteroatoms. The summed E-state index contributed by atoms with van der Waals surface area (Å²) >= 11 is 0. The lowest BCUT2D eigenvalue weighted by molar-refractivity contribution is 0.301. The van der Waals surface area contributed by atoms with Crippen LogP contribution in [0.5, 0.6) is 0 Å². The van der Waals surface area contributed by atoms with Gasteiger partial charge in [-0.25, -0.2) is 0 Å². The van der Waals surface area contributed by atoms with Gasteiger partial charge in [-0.05, 0) is 17.8 Å². The van der Waals surface area contributed by atoms with E-state index >= 15 is 0 Å². The summed E-state index contributed by atoms with van der Waals surface area (Å²) in [5, 5.41) is 0. The maximum Gasteiger partial charge on any atom is 0.0114 e. The number of hydrogen-bond acceptors (Lipinski definition) is 0. The van der Waals surface area contributed by atoms with Gasteiger partial charge in [0, 0.05) is 6.42 Å². The third kappa shape index (κ3) is 2.92. The molecule has 0 radical (unpaired) electrons. The summed E-state index contributed by atoms with van der Waals surface area (Å²) in [6.07, 6.45) is 6.13. The van der Waals surface area contributed by atoms with Crippen molar-refractivity contribution >= 4 is 0 Å². The van der Waals surface area contributed by atoms with Gasteiger partial charge >= 0.3 is 0 Å². The monoisotopic (exact) mass is 138 g/mol. The van der Waals surface area contributed by atoms with Crippen molar-refractivity contribution in [3.8, 4) is 12.3 Å². The molecular formula is C10H18. The Bertz CT molecular complexity index is 116. The predicted molar refractivity (Wildman–Crippen MR) is 46.6 cm³/mol. The molecule has 0 aromatic rings. The van der Waals surface area contributed by atoms with E-state index in [9.17, 15) is 0 Å². The molecule has 0 saturated heterocycles. The Balaban J connectivity index is 3.72. The molecule has 0 aromatic heterocycles. The van der Waals surface area contributed by atoms with Crippen molar-refractivity contribution in [1.82, 2.24) is 0 Å². The fraction of sp³-hybridized carbons (Fsp3) is 0.800. The van der Waals surface area contributed by atoms with E-state index < -0.39 is 0 Å². The molecule has 0 heterocycles. The molecule has 0 aliphatic heterocycles. The van der Waals surface area contributed by atoms with Gasteiger partial charge in [-0.1, -0.05) is 27.7 Å². The summed E-state index contributed by atoms with van der Waals surface area (Å²) in [4.78, 5) is 0. The smallest absolute Gasteiger partial charge is 0.0114 e. The van der Waals surface area contributed by atoms with Crippen LogP contribution in [0.4, 0.5) is 0 Å². The third-order valence-corrected chi connectivity index (χ3v) is 2.39. The van der Waals surface area contributed by atoms with Crippen LogP contribution < -0.4 is 0 Å². The SMILES string of the molecule is C#CCC(C)C(C)C(C)C. The fourth-order valence-corrected chi connectivity index (χ4v) is 1.03. The molecule has 0 rings (SSSR count). The lowest BCUT2D eigenvalue weighted by Crippen LogP contribution is -2.13. The molecule has 0 aliphatic rings. The molecule has 2 unspecified atom stereocenters. The minimum Gasteiger partial charge on any atom is -0.120 e. The van der Waals surface area contributed by atoms with Gasteiger partial charge in [0.05, 0.1) is 0 Å². The first-order valence-corrected chi connectivity index (χ1v) is 4.03. The van der Waals surface area contributed by atoms with Gasteiger partial charge in [-0.15, -0.1) is 12.3 Å². The average Bonchev–Trinajstić information content (AvgIpc) is 1.87. The van der Waals surface area contributed by atoms with Crippen molar-refractivity contribution in [2.45, 2.75) is 34.1 Å². The zero-order chi connectivity index (χ0) is 8.15. The highest BCUT2D eigenvalue weighted by atomic mass is 14.2. The molecule has 0 amide bonds. The van der Waals surface area contributed by atoms with Crippen molar-refractivity contribution in [2.75, 3.05) is 0 Å². The van der Waals surface area contributed by atoms with E-state index in [0.29, 0.717) is 5.92 Å². The highest BCUT2D eigenvalue weighted by molar-refractivity contribution is 4.87. The van der Waals surface area contributed by atoms with E-state index in [1.54, 1.807) is 0 Å². The zero-order valence-corrected chi connectivity index (χ0v) is 7.52. The third-order valence-electron chi connectivity index (χ3n) is 2.39. The summed E-state index contributed by atoms with van der Waals surface area (Å²) in [7, 11) is 0. The van der Waals surface area contributed by atoms with Crippen molar-refractivity contribution in [1.29, 1.82) is 0 Å². The minimum absolute atomic E-state index is 0.671. The second-order valence-electron chi connectivity index (χ2n) is 3.49. The molecule has 0 N–H and O–H groups in total. The molecule has 0 nitrogen and oxygen atoms in total. The Hall–Kier alpha value is -0.440. The standard InChI is InChI=1S/C10H18/c1-6-7-9(4)10(5)8(2)3/h1,8-10H,7H2,2-5H3. The van der Waals surface area contributed by atoms with Gasteiger partial charge in [0.2, 0.25) is 0 Å². The van der Waals surface area contributed by atoms with Crippen LogP contribution in [-0.4, -0.2) is 0 Å². The molecule has 0 bridgehead atoms. The van der Waals surface area contributed by atoms with E-state index in [1.807, 2.05) is 0 Å². The Labute approximate surface area is 65.0 Å². The van der Waals surface area contributed by atoms with E-state index in [-0.39, 0.29) is 0 Å². The van der Waals surface area contributed by atoms with Gasteiger partial charge < -0.3 is 0 Å². The molecule has 0 spiro atoms. The second kappa shape index (κ2) is 4.39. The van der Waals surface area contributed by atoms with Crippen LogP contribution in [0.2, 0.25) is 0 Å². The van der Waals surface area contributed by atoms with Crippen LogP contribution in [-0.2, 0) is 0 Å². The number of rotatable bonds is 3. The van der Waals surface area contributed by atoms with Gasteiger partial charge in [-0.3, -0.25) is 0 Å². The van der Waals surface area contributed by atoms with Crippen LogP contribution in [0.3, 0.4) is 0 Å². The molecule has 0 aromatic carbocycles. The zero-order valence-electron chi connectivity index (χ0n) is 7.52. The largest absolute Gasteiger partial charge is 0.120 e. The molecule has 0 aliphatic carbocycles.